The summed E-state index contributed by atoms with van der Waals surface area (Å²) in [5.41, 5.74) is 0. The van der Waals surface area contributed by atoms with Crippen LogP contribution in [-0.2, 0) is 11.3 Å². The number of hydrogen-bond acceptors (Lipinski definition) is 4. The summed E-state index contributed by atoms with van der Waals surface area (Å²) in [7, 11) is 0. The molecule has 0 aliphatic heterocycles. The molecule has 1 heterocycles. The normalized spacial score (nSPS) is 11.2. The van der Waals surface area contributed by atoms with E-state index in [4.69, 9.17) is 5.11 Å². The second-order valence-electron chi connectivity index (χ2n) is 3.88. The monoisotopic (exact) mass is 228 g/mol. The highest BCUT2D eigenvalue weighted by Gasteiger charge is 2.12. The van der Waals surface area contributed by atoms with E-state index in [1.807, 2.05) is 10.3 Å². The van der Waals surface area contributed by atoms with E-state index in [9.17, 15) is 4.79 Å². The summed E-state index contributed by atoms with van der Waals surface area (Å²) in [6, 6.07) is 0. The third kappa shape index (κ3) is 4.90. The average molecular weight is 228 g/mol. The van der Waals surface area contributed by atoms with Crippen LogP contribution in [0.1, 0.15) is 18.9 Å². The molecule has 84 valence electrons. The van der Waals surface area contributed by atoms with Crippen molar-refractivity contribution in [2.45, 2.75) is 20.4 Å². The fraction of sp³-hybridized carbons (Fsp3) is 0.600. The highest BCUT2D eigenvalue weighted by atomic mass is 32.1. The lowest BCUT2D eigenvalue weighted by molar-refractivity contribution is -0.138. The van der Waals surface area contributed by atoms with Crippen LogP contribution in [0.3, 0.4) is 0 Å². The van der Waals surface area contributed by atoms with Crippen molar-refractivity contribution in [1.82, 2.24) is 9.88 Å². The largest absolute Gasteiger partial charge is 0.480 e. The fourth-order valence-corrected chi connectivity index (χ4v) is 2.07. The van der Waals surface area contributed by atoms with Gasteiger partial charge in [-0.05, 0) is 5.92 Å². The molecule has 1 rings (SSSR count). The number of aromatic nitrogens is 1. The summed E-state index contributed by atoms with van der Waals surface area (Å²) in [6.45, 7) is 5.65. The first-order valence-corrected chi connectivity index (χ1v) is 5.78. The first-order chi connectivity index (χ1) is 7.08. The minimum Gasteiger partial charge on any atom is -0.480 e. The van der Waals surface area contributed by atoms with Crippen LogP contribution in [0, 0.1) is 5.92 Å². The summed E-state index contributed by atoms with van der Waals surface area (Å²) >= 11 is 1.56. The van der Waals surface area contributed by atoms with Crippen LogP contribution in [0.2, 0.25) is 0 Å². The van der Waals surface area contributed by atoms with Gasteiger partial charge in [0.1, 0.15) is 5.01 Å². The van der Waals surface area contributed by atoms with E-state index in [1.54, 1.807) is 17.5 Å². The predicted octanol–water partition coefficient (Wildman–Crippen LogP) is 1.69. The maximum Gasteiger partial charge on any atom is 0.317 e. The zero-order chi connectivity index (χ0) is 11.3. The number of carboxylic acids is 1. The van der Waals surface area contributed by atoms with Crippen molar-refractivity contribution in [2.75, 3.05) is 13.1 Å². The SMILES string of the molecule is CC(C)CN(CC(=O)O)Cc1nccs1. The lowest BCUT2D eigenvalue weighted by atomic mass is 10.2. The molecular formula is C10H16N2O2S. The number of carbonyl (C=O) groups is 1. The van der Waals surface area contributed by atoms with E-state index in [0.29, 0.717) is 12.5 Å². The van der Waals surface area contributed by atoms with Crippen LogP contribution in [-0.4, -0.2) is 34.0 Å². The Morgan fingerprint density at radius 3 is 2.87 bits per heavy atom. The molecule has 0 bridgehead atoms. The molecule has 0 unspecified atom stereocenters. The Kier molecular flexibility index (Phi) is 4.71. The van der Waals surface area contributed by atoms with E-state index < -0.39 is 5.97 Å². The Balaban J connectivity index is 2.52. The Labute approximate surface area is 93.6 Å². The maximum absolute atomic E-state index is 10.7. The first-order valence-electron chi connectivity index (χ1n) is 4.90. The minimum absolute atomic E-state index is 0.0811. The van der Waals surface area contributed by atoms with Crippen molar-refractivity contribution < 1.29 is 9.90 Å². The Bertz CT molecular complexity index is 298. The summed E-state index contributed by atoms with van der Waals surface area (Å²) in [5.74, 6) is -0.323. The zero-order valence-corrected chi connectivity index (χ0v) is 9.83. The average Bonchev–Trinajstić information content (AvgIpc) is 2.53. The standard InChI is InChI=1S/C10H16N2O2S/c1-8(2)5-12(7-10(13)14)6-9-11-3-4-15-9/h3-4,8H,5-7H2,1-2H3,(H,13,14). The molecular weight excluding hydrogens is 212 g/mol. The minimum atomic E-state index is -0.785. The summed E-state index contributed by atoms with van der Waals surface area (Å²) in [4.78, 5) is 16.7. The molecule has 0 atom stereocenters. The highest BCUT2D eigenvalue weighted by Crippen LogP contribution is 2.09. The second-order valence-corrected chi connectivity index (χ2v) is 4.86. The van der Waals surface area contributed by atoms with E-state index in [-0.39, 0.29) is 6.54 Å². The summed E-state index contributed by atoms with van der Waals surface area (Å²) in [5, 5.41) is 11.6. The van der Waals surface area contributed by atoms with Gasteiger partial charge in [-0.15, -0.1) is 11.3 Å². The van der Waals surface area contributed by atoms with Gasteiger partial charge < -0.3 is 5.11 Å². The van der Waals surface area contributed by atoms with E-state index in [1.165, 1.54) is 0 Å². The molecule has 1 aromatic rings. The van der Waals surface area contributed by atoms with Gasteiger partial charge in [-0.1, -0.05) is 13.8 Å². The molecule has 0 aromatic carbocycles. The van der Waals surface area contributed by atoms with Crippen LogP contribution in [0.25, 0.3) is 0 Å². The smallest absolute Gasteiger partial charge is 0.317 e. The number of aliphatic carboxylic acids is 1. The quantitative estimate of drug-likeness (QED) is 0.805. The lowest BCUT2D eigenvalue weighted by Gasteiger charge is -2.20. The van der Waals surface area contributed by atoms with Crippen molar-refractivity contribution in [3.63, 3.8) is 0 Å². The van der Waals surface area contributed by atoms with E-state index in [0.717, 1.165) is 11.6 Å². The zero-order valence-electron chi connectivity index (χ0n) is 9.01. The van der Waals surface area contributed by atoms with Crippen LogP contribution in [0.5, 0.6) is 0 Å². The van der Waals surface area contributed by atoms with Gasteiger partial charge in [0.15, 0.2) is 0 Å². The van der Waals surface area contributed by atoms with Gasteiger partial charge in [0, 0.05) is 18.1 Å². The number of carboxylic acid groups (broad SMARTS) is 1. The number of thiazole rings is 1. The molecule has 0 saturated carbocycles. The van der Waals surface area contributed by atoms with Crippen molar-refractivity contribution >= 4 is 17.3 Å². The van der Waals surface area contributed by atoms with Crippen molar-refractivity contribution in [2.24, 2.45) is 5.92 Å². The predicted molar refractivity (Wildman–Crippen MR) is 59.9 cm³/mol. The Hall–Kier alpha value is -0.940. The van der Waals surface area contributed by atoms with Gasteiger partial charge in [-0.3, -0.25) is 9.69 Å². The van der Waals surface area contributed by atoms with Gasteiger partial charge in [0.05, 0.1) is 13.1 Å². The second kappa shape index (κ2) is 5.82. The first kappa shape index (κ1) is 12.1. The van der Waals surface area contributed by atoms with E-state index in [2.05, 4.69) is 18.8 Å². The van der Waals surface area contributed by atoms with Crippen molar-refractivity contribution in [3.05, 3.63) is 16.6 Å². The third-order valence-electron chi connectivity index (χ3n) is 1.82. The van der Waals surface area contributed by atoms with Gasteiger partial charge >= 0.3 is 5.97 Å². The Morgan fingerprint density at radius 1 is 1.67 bits per heavy atom. The van der Waals surface area contributed by atoms with Crippen LogP contribution in [0.15, 0.2) is 11.6 Å². The number of nitrogens with zero attached hydrogens (tertiary/aromatic N) is 2. The summed E-state index contributed by atoms with van der Waals surface area (Å²) < 4.78 is 0. The third-order valence-corrected chi connectivity index (χ3v) is 2.59. The van der Waals surface area contributed by atoms with Gasteiger partial charge in [-0.2, -0.15) is 0 Å². The molecule has 1 aromatic heterocycles. The molecule has 1 N–H and O–H groups in total. The van der Waals surface area contributed by atoms with Crippen molar-refractivity contribution in [3.8, 4) is 0 Å². The molecule has 0 spiro atoms. The van der Waals surface area contributed by atoms with Crippen molar-refractivity contribution in [1.29, 1.82) is 0 Å². The number of hydrogen-bond donors (Lipinski definition) is 1. The molecule has 15 heavy (non-hydrogen) atoms. The Morgan fingerprint density at radius 2 is 2.40 bits per heavy atom. The van der Waals surface area contributed by atoms with Gasteiger partial charge in [0.25, 0.3) is 0 Å². The van der Waals surface area contributed by atoms with E-state index >= 15 is 0 Å². The van der Waals surface area contributed by atoms with Gasteiger partial charge in [0.2, 0.25) is 0 Å². The molecule has 5 heteroatoms. The molecule has 0 aliphatic rings. The van der Waals surface area contributed by atoms with Crippen LogP contribution >= 0.6 is 11.3 Å². The molecule has 0 aliphatic carbocycles. The van der Waals surface area contributed by atoms with Gasteiger partial charge in [-0.25, -0.2) is 4.98 Å². The molecule has 4 nitrogen and oxygen atoms in total. The highest BCUT2D eigenvalue weighted by molar-refractivity contribution is 7.09. The lowest BCUT2D eigenvalue weighted by Crippen LogP contribution is -2.32. The maximum atomic E-state index is 10.7. The summed E-state index contributed by atoms with van der Waals surface area (Å²) in [6.07, 6.45) is 1.74. The molecule has 0 radical (unpaired) electrons. The fourth-order valence-electron chi connectivity index (χ4n) is 1.42. The topological polar surface area (TPSA) is 53.4 Å². The molecule has 0 fully saturated rings. The number of rotatable bonds is 6. The molecule has 0 saturated heterocycles. The molecule has 0 amide bonds. The van der Waals surface area contributed by atoms with Crippen LogP contribution < -0.4 is 0 Å². The van der Waals surface area contributed by atoms with Crippen LogP contribution in [0.4, 0.5) is 0 Å².